The number of nitrogens with one attached hydrogen (secondary N) is 1. The van der Waals surface area contributed by atoms with Crippen LogP contribution in [-0.2, 0) is 0 Å². The van der Waals surface area contributed by atoms with E-state index in [2.05, 4.69) is 16.8 Å². The molecule has 2 aromatic rings. The summed E-state index contributed by atoms with van der Waals surface area (Å²) in [6.07, 6.45) is 0.440. The molecule has 0 unspecified atom stereocenters. The molecule has 2 rings (SSSR count). The summed E-state index contributed by atoms with van der Waals surface area (Å²) >= 11 is 0. The van der Waals surface area contributed by atoms with E-state index in [-0.39, 0.29) is 6.61 Å². The van der Waals surface area contributed by atoms with E-state index in [0.29, 0.717) is 17.5 Å². The quantitative estimate of drug-likeness (QED) is 0.675. The van der Waals surface area contributed by atoms with Crippen LogP contribution in [0.15, 0.2) is 27.4 Å². The van der Waals surface area contributed by atoms with Crippen LogP contribution in [0, 0.1) is 11.8 Å². The molecule has 4 heteroatoms. The summed E-state index contributed by atoms with van der Waals surface area (Å²) in [4.78, 5) is 13.4. The Morgan fingerprint density at radius 1 is 1.47 bits per heavy atom. The van der Waals surface area contributed by atoms with Crippen LogP contribution in [0.4, 0.5) is 0 Å². The van der Waals surface area contributed by atoms with Crippen LogP contribution in [0.25, 0.3) is 11.1 Å². The van der Waals surface area contributed by atoms with Crippen molar-refractivity contribution in [1.29, 1.82) is 0 Å². The van der Waals surface area contributed by atoms with Crippen LogP contribution in [0.5, 0.6) is 0 Å². The highest BCUT2D eigenvalue weighted by atomic mass is 16.4. The molecule has 0 radical (unpaired) electrons. The van der Waals surface area contributed by atoms with Gasteiger partial charge in [-0.2, -0.15) is 0 Å². The lowest BCUT2D eigenvalue weighted by Crippen LogP contribution is -1.92. The highest BCUT2D eigenvalue weighted by molar-refractivity contribution is 5.73. The Kier molecular flexibility index (Phi) is 2.57. The fourth-order valence-electron chi connectivity index (χ4n) is 1.24. The van der Waals surface area contributed by atoms with Crippen LogP contribution < -0.4 is 5.76 Å². The molecule has 0 amide bonds. The molecule has 1 aromatic heterocycles. The zero-order valence-corrected chi connectivity index (χ0v) is 7.91. The molecule has 1 heterocycles. The molecular weight excluding hydrogens is 194 g/mol. The minimum atomic E-state index is -0.467. The number of hydrogen-bond donors (Lipinski definition) is 2. The van der Waals surface area contributed by atoms with Crippen molar-refractivity contribution in [3.63, 3.8) is 0 Å². The average Bonchev–Trinajstić information content (AvgIpc) is 2.57. The van der Waals surface area contributed by atoms with E-state index in [4.69, 9.17) is 9.52 Å². The number of aromatic amines is 1. The second-order valence-corrected chi connectivity index (χ2v) is 3.00. The number of aliphatic hydroxyl groups excluding tert-OH is 1. The lowest BCUT2D eigenvalue weighted by Gasteiger charge is -1.89. The minimum absolute atomic E-state index is 0.0501. The van der Waals surface area contributed by atoms with E-state index in [1.165, 1.54) is 0 Å². The number of hydrogen-bond acceptors (Lipinski definition) is 3. The monoisotopic (exact) mass is 203 g/mol. The molecule has 0 aliphatic carbocycles. The molecule has 0 bridgehead atoms. The lowest BCUT2D eigenvalue weighted by molar-refractivity contribution is 0.305. The van der Waals surface area contributed by atoms with Crippen molar-refractivity contribution in [3.05, 3.63) is 34.3 Å². The van der Waals surface area contributed by atoms with E-state index in [9.17, 15) is 4.79 Å². The first-order valence-electron chi connectivity index (χ1n) is 4.52. The number of oxazole rings is 1. The van der Waals surface area contributed by atoms with Crippen molar-refractivity contribution in [2.45, 2.75) is 6.42 Å². The van der Waals surface area contributed by atoms with Gasteiger partial charge in [0.15, 0.2) is 5.58 Å². The van der Waals surface area contributed by atoms with Gasteiger partial charge in [0.25, 0.3) is 0 Å². The van der Waals surface area contributed by atoms with Gasteiger partial charge in [-0.1, -0.05) is 11.8 Å². The van der Waals surface area contributed by atoms with Crippen LogP contribution in [0.1, 0.15) is 12.0 Å². The molecule has 0 saturated carbocycles. The SMILES string of the molecule is O=c1[nH]c2ccc(C#CCCO)cc2o1. The maximum Gasteiger partial charge on any atom is 0.417 e. The number of benzene rings is 1. The average molecular weight is 203 g/mol. The molecule has 0 aliphatic rings. The van der Waals surface area contributed by atoms with Gasteiger partial charge in [-0.15, -0.1) is 0 Å². The van der Waals surface area contributed by atoms with Gasteiger partial charge in [0.2, 0.25) is 0 Å². The third-order valence-electron chi connectivity index (χ3n) is 1.89. The summed E-state index contributed by atoms with van der Waals surface area (Å²) < 4.78 is 4.89. The van der Waals surface area contributed by atoms with E-state index in [0.717, 1.165) is 5.56 Å². The number of H-pyrrole nitrogens is 1. The minimum Gasteiger partial charge on any atom is -0.408 e. The van der Waals surface area contributed by atoms with Gasteiger partial charge < -0.3 is 9.52 Å². The van der Waals surface area contributed by atoms with Crippen molar-refractivity contribution in [1.82, 2.24) is 4.98 Å². The first-order valence-corrected chi connectivity index (χ1v) is 4.52. The Hall–Kier alpha value is -1.99. The van der Waals surface area contributed by atoms with Crippen LogP contribution in [0.3, 0.4) is 0 Å². The summed E-state index contributed by atoms with van der Waals surface area (Å²) in [5.74, 6) is 5.19. The first-order chi connectivity index (χ1) is 7.29. The van der Waals surface area contributed by atoms with E-state index >= 15 is 0 Å². The Morgan fingerprint density at radius 2 is 2.33 bits per heavy atom. The number of aliphatic hydroxyl groups is 1. The normalized spacial score (nSPS) is 9.93. The van der Waals surface area contributed by atoms with Gasteiger partial charge in [-0.3, -0.25) is 4.98 Å². The van der Waals surface area contributed by atoms with Gasteiger partial charge in [-0.05, 0) is 18.2 Å². The van der Waals surface area contributed by atoms with Crippen molar-refractivity contribution in [2.75, 3.05) is 6.61 Å². The molecular formula is C11H9NO3. The summed E-state index contributed by atoms with van der Waals surface area (Å²) in [7, 11) is 0. The smallest absolute Gasteiger partial charge is 0.408 e. The third-order valence-corrected chi connectivity index (χ3v) is 1.89. The summed E-state index contributed by atoms with van der Waals surface area (Å²) in [6, 6.07) is 5.22. The van der Waals surface area contributed by atoms with Gasteiger partial charge >= 0.3 is 5.76 Å². The molecule has 0 aliphatic heterocycles. The molecule has 2 N–H and O–H groups in total. The molecule has 0 atom stereocenters. The topological polar surface area (TPSA) is 66.2 Å². The summed E-state index contributed by atoms with van der Waals surface area (Å²) in [5, 5.41) is 8.55. The van der Waals surface area contributed by atoms with Gasteiger partial charge in [0.05, 0.1) is 12.1 Å². The predicted molar refractivity (Wildman–Crippen MR) is 55.4 cm³/mol. The van der Waals surface area contributed by atoms with Crippen molar-refractivity contribution < 1.29 is 9.52 Å². The highest BCUT2D eigenvalue weighted by Crippen LogP contribution is 2.11. The van der Waals surface area contributed by atoms with Crippen molar-refractivity contribution in [3.8, 4) is 11.8 Å². The standard InChI is InChI=1S/C11H9NO3/c13-6-2-1-3-8-4-5-9-10(7-8)15-11(14)12-9/h4-5,7,13H,2,6H2,(H,12,14). The highest BCUT2D eigenvalue weighted by Gasteiger charge is 1.99. The van der Waals surface area contributed by atoms with Crippen LogP contribution in [-0.4, -0.2) is 16.7 Å². The van der Waals surface area contributed by atoms with E-state index in [1.807, 2.05) is 0 Å². The van der Waals surface area contributed by atoms with Crippen molar-refractivity contribution in [2.24, 2.45) is 0 Å². The molecule has 0 fully saturated rings. The molecule has 15 heavy (non-hydrogen) atoms. The lowest BCUT2D eigenvalue weighted by atomic mass is 10.2. The fourth-order valence-corrected chi connectivity index (χ4v) is 1.24. The van der Waals surface area contributed by atoms with Gasteiger partial charge in [0.1, 0.15) is 0 Å². The molecule has 1 aromatic carbocycles. The number of rotatable bonds is 1. The third kappa shape index (κ3) is 2.09. The summed E-state index contributed by atoms with van der Waals surface area (Å²) in [5.41, 5.74) is 1.92. The van der Waals surface area contributed by atoms with E-state index < -0.39 is 5.76 Å². The van der Waals surface area contributed by atoms with E-state index in [1.54, 1.807) is 18.2 Å². The zero-order chi connectivity index (χ0) is 10.7. The maximum atomic E-state index is 10.9. The second kappa shape index (κ2) is 4.03. The predicted octanol–water partition coefficient (Wildman–Crippen LogP) is 0.855. The number of aromatic nitrogens is 1. The fraction of sp³-hybridized carbons (Fsp3) is 0.182. The second-order valence-electron chi connectivity index (χ2n) is 3.00. The van der Waals surface area contributed by atoms with Gasteiger partial charge in [-0.25, -0.2) is 4.79 Å². The Bertz CT molecular complexity index is 583. The Labute approximate surface area is 85.5 Å². The maximum absolute atomic E-state index is 10.9. The molecule has 0 saturated heterocycles. The first kappa shape index (κ1) is 9.56. The molecule has 4 nitrogen and oxygen atoms in total. The number of fused-ring (bicyclic) bond motifs is 1. The Morgan fingerprint density at radius 3 is 3.13 bits per heavy atom. The molecule has 76 valence electrons. The molecule has 0 spiro atoms. The van der Waals surface area contributed by atoms with Crippen LogP contribution in [0.2, 0.25) is 0 Å². The summed E-state index contributed by atoms with van der Waals surface area (Å²) in [6.45, 7) is 0.0501. The largest absolute Gasteiger partial charge is 0.417 e. The van der Waals surface area contributed by atoms with Crippen molar-refractivity contribution >= 4 is 11.1 Å². The van der Waals surface area contributed by atoms with Gasteiger partial charge in [0, 0.05) is 12.0 Å². The zero-order valence-electron chi connectivity index (χ0n) is 7.91. The van der Waals surface area contributed by atoms with Crippen LogP contribution >= 0.6 is 0 Å². The Balaban J connectivity index is 2.39.